The highest BCUT2D eigenvalue weighted by Crippen LogP contribution is 2.25. The van der Waals surface area contributed by atoms with E-state index in [1.165, 1.54) is 0 Å². The van der Waals surface area contributed by atoms with Gasteiger partial charge in [0.1, 0.15) is 0 Å². The minimum Gasteiger partial charge on any atom is -0.466 e. The van der Waals surface area contributed by atoms with Crippen LogP contribution in [0.25, 0.3) is 0 Å². The molecular formula is C10H20O3. The fraction of sp³-hybridized carbons (Fsp3) is 0.900. The van der Waals surface area contributed by atoms with Crippen molar-refractivity contribution in [2.75, 3.05) is 13.2 Å². The average Bonchev–Trinajstić information content (AvgIpc) is 2.14. The smallest absolute Gasteiger partial charge is 0.314 e. The Balaban J connectivity index is 4.16. The summed E-state index contributed by atoms with van der Waals surface area (Å²) >= 11 is 0. The molecule has 0 bridgehead atoms. The molecular weight excluding hydrogens is 168 g/mol. The number of carbonyl (C=O) groups is 1. The Hall–Kier alpha value is -0.570. The molecule has 0 aromatic heterocycles. The van der Waals surface area contributed by atoms with Crippen molar-refractivity contribution in [3.63, 3.8) is 0 Å². The van der Waals surface area contributed by atoms with Gasteiger partial charge in [-0.1, -0.05) is 19.8 Å². The van der Waals surface area contributed by atoms with Crippen molar-refractivity contribution in [1.82, 2.24) is 0 Å². The van der Waals surface area contributed by atoms with Gasteiger partial charge in [-0.2, -0.15) is 0 Å². The van der Waals surface area contributed by atoms with Crippen LogP contribution in [0.2, 0.25) is 0 Å². The van der Waals surface area contributed by atoms with Crippen molar-refractivity contribution < 1.29 is 14.6 Å². The van der Waals surface area contributed by atoms with Crippen LogP contribution < -0.4 is 0 Å². The van der Waals surface area contributed by atoms with Crippen LogP contribution in [0, 0.1) is 5.41 Å². The highest BCUT2D eigenvalue weighted by Gasteiger charge is 2.33. The summed E-state index contributed by atoms with van der Waals surface area (Å²) in [5.41, 5.74) is -0.702. The summed E-state index contributed by atoms with van der Waals surface area (Å²) in [7, 11) is 0. The van der Waals surface area contributed by atoms with Crippen LogP contribution in [0.1, 0.15) is 40.0 Å². The first-order chi connectivity index (χ1) is 6.10. The van der Waals surface area contributed by atoms with E-state index in [0.717, 1.165) is 12.8 Å². The number of rotatable bonds is 6. The Morgan fingerprint density at radius 2 is 2.08 bits per heavy atom. The van der Waals surface area contributed by atoms with Gasteiger partial charge in [0.05, 0.1) is 18.6 Å². The normalized spacial score (nSPS) is 15.1. The van der Waals surface area contributed by atoms with Gasteiger partial charge >= 0.3 is 5.97 Å². The van der Waals surface area contributed by atoms with Crippen molar-refractivity contribution in [2.24, 2.45) is 5.41 Å². The highest BCUT2D eigenvalue weighted by molar-refractivity contribution is 5.76. The summed E-state index contributed by atoms with van der Waals surface area (Å²) in [6, 6.07) is 0. The third-order valence-electron chi connectivity index (χ3n) is 2.20. The SMILES string of the molecule is CCCC[C@@](C)(CO)C(=O)OCC. The summed E-state index contributed by atoms with van der Waals surface area (Å²) < 4.78 is 4.90. The summed E-state index contributed by atoms with van der Waals surface area (Å²) in [5, 5.41) is 9.11. The molecule has 0 saturated carbocycles. The van der Waals surface area contributed by atoms with E-state index in [1.807, 2.05) is 0 Å². The molecule has 1 atom stereocenters. The van der Waals surface area contributed by atoms with Crippen LogP contribution in [0.3, 0.4) is 0 Å². The molecule has 13 heavy (non-hydrogen) atoms. The second-order valence-electron chi connectivity index (χ2n) is 3.54. The highest BCUT2D eigenvalue weighted by atomic mass is 16.5. The predicted octanol–water partition coefficient (Wildman–Crippen LogP) is 1.74. The lowest BCUT2D eigenvalue weighted by atomic mass is 9.86. The lowest BCUT2D eigenvalue weighted by Crippen LogP contribution is -2.33. The molecule has 0 saturated heterocycles. The molecule has 0 radical (unpaired) electrons. The van der Waals surface area contributed by atoms with E-state index in [0.29, 0.717) is 13.0 Å². The van der Waals surface area contributed by atoms with Gasteiger partial charge in [0.2, 0.25) is 0 Å². The van der Waals surface area contributed by atoms with Crippen LogP contribution in [0.4, 0.5) is 0 Å². The predicted molar refractivity (Wildman–Crippen MR) is 51.4 cm³/mol. The first-order valence-corrected chi connectivity index (χ1v) is 4.88. The zero-order chi connectivity index (χ0) is 10.3. The number of carbonyl (C=O) groups excluding carboxylic acids is 1. The van der Waals surface area contributed by atoms with Crippen LogP contribution in [-0.2, 0) is 9.53 Å². The van der Waals surface area contributed by atoms with Gasteiger partial charge in [0, 0.05) is 0 Å². The third-order valence-corrected chi connectivity index (χ3v) is 2.20. The van der Waals surface area contributed by atoms with E-state index in [2.05, 4.69) is 6.92 Å². The average molecular weight is 188 g/mol. The Kier molecular flexibility index (Phi) is 5.71. The number of aliphatic hydroxyl groups is 1. The topological polar surface area (TPSA) is 46.5 Å². The van der Waals surface area contributed by atoms with E-state index < -0.39 is 5.41 Å². The van der Waals surface area contributed by atoms with Crippen molar-refractivity contribution in [3.8, 4) is 0 Å². The Labute approximate surface area is 80.1 Å². The first-order valence-electron chi connectivity index (χ1n) is 4.88. The second kappa shape index (κ2) is 5.97. The lowest BCUT2D eigenvalue weighted by molar-refractivity contribution is -0.157. The Morgan fingerprint density at radius 3 is 2.46 bits per heavy atom. The molecule has 0 spiro atoms. The molecule has 78 valence electrons. The molecule has 0 aliphatic carbocycles. The first kappa shape index (κ1) is 12.4. The monoisotopic (exact) mass is 188 g/mol. The number of hydrogen-bond donors (Lipinski definition) is 1. The van der Waals surface area contributed by atoms with Crippen LogP contribution in [0.15, 0.2) is 0 Å². The zero-order valence-corrected chi connectivity index (χ0v) is 8.80. The fourth-order valence-corrected chi connectivity index (χ4v) is 1.12. The molecule has 1 N–H and O–H groups in total. The van der Waals surface area contributed by atoms with Gasteiger partial charge in [0.15, 0.2) is 0 Å². The lowest BCUT2D eigenvalue weighted by Gasteiger charge is -2.24. The number of unbranched alkanes of at least 4 members (excludes halogenated alkanes) is 1. The summed E-state index contributed by atoms with van der Waals surface area (Å²) in [6.45, 7) is 5.82. The van der Waals surface area contributed by atoms with Crippen LogP contribution in [-0.4, -0.2) is 24.3 Å². The summed E-state index contributed by atoms with van der Waals surface area (Å²) in [4.78, 5) is 11.4. The van der Waals surface area contributed by atoms with Gasteiger partial charge in [-0.25, -0.2) is 0 Å². The molecule has 0 rings (SSSR count). The van der Waals surface area contributed by atoms with Crippen LogP contribution >= 0.6 is 0 Å². The zero-order valence-electron chi connectivity index (χ0n) is 8.80. The van der Waals surface area contributed by atoms with E-state index in [4.69, 9.17) is 9.84 Å². The third kappa shape index (κ3) is 3.77. The maximum absolute atomic E-state index is 11.4. The molecule has 0 fully saturated rings. The summed E-state index contributed by atoms with van der Waals surface area (Å²) in [6.07, 6.45) is 2.66. The van der Waals surface area contributed by atoms with Gasteiger partial charge < -0.3 is 9.84 Å². The minimum atomic E-state index is -0.702. The largest absolute Gasteiger partial charge is 0.466 e. The summed E-state index contributed by atoms with van der Waals surface area (Å²) in [5.74, 6) is -0.286. The second-order valence-corrected chi connectivity index (χ2v) is 3.54. The number of esters is 1. The molecule has 0 aliphatic heterocycles. The Morgan fingerprint density at radius 1 is 1.46 bits per heavy atom. The quantitative estimate of drug-likeness (QED) is 0.646. The van der Waals surface area contributed by atoms with Gasteiger partial charge in [-0.15, -0.1) is 0 Å². The van der Waals surface area contributed by atoms with Crippen molar-refractivity contribution in [1.29, 1.82) is 0 Å². The molecule has 0 unspecified atom stereocenters. The standard InChI is InChI=1S/C10H20O3/c1-4-6-7-10(3,8-11)9(12)13-5-2/h11H,4-8H2,1-3H3/t10-/m0/s1. The Bertz CT molecular complexity index is 156. The molecule has 0 amide bonds. The fourth-order valence-electron chi connectivity index (χ4n) is 1.12. The van der Waals surface area contributed by atoms with E-state index in [1.54, 1.807) is 13.8 Å². The van der Waals surface area contributed by atoms with Gasteiger partial charge in [-0.3, -0.25) is 4.79 Å². The minimum absolute atomic E-state index is 0.133. The molecule has 3 heteroatoms. The molecule has 0 aromatic rings. The molecule has 3 nitrogen and oxygen atoms in total. The van der Waals surface area contributed by atoms with E-state index >= 15 is 0 Å². The van der Waals surface area contributed by atoms with E-state index in [9.17, 15) is 4.79 Å². The molecule has 0 heterocycles. The van der Waals surface area contributed by atoms with Crippen molar-refractivity contribution in [3.05, 3.63) is 0 Å². The van der Waals surface area contributed by atoms with Gasteiger partial charge in [-0.05, 0) is 20.3 Å². The maximum atomic E-state index is 11.4. The van der Waals surface area contributed by atoms with Gasteiger partial charge in [0.25, 0.3) is 0 Å². The number of hydrogen-bond acceptors (Lipinski definition) is 3. The van der Waals surface area contributed by atoms with E-state index in [-0.39, 0.29) is 12.6 Å². The number of ether oxygens (including phenoxy) is 1. The van der Waals surface area contributed by atoms with Crippen LogP contribution in [0.5, 0.6) is 0 Å². The molecule has 0 aliphatic rings. The van der Waals surface area contributed by atoms with Crippen molar-refractivity contribution in [2.45, 2.75) is 40.0 Å². The molecule has 0 aromatic carbocycles. The number of aliphatic hydroxyl groups excluding tert-OH is 1. The maximum Gasteiger partial charge on any atom is 0.314 e. The van der Waals surface area contributed by atoms with Crippen molar-refractivity contribution >= 4 is 5.97 Å².